The molecule has 0 heterocycles. The number of hydrogen-bond acceptors (Lipinski definition) is 4. The molecule has 0 aliphatic carbocycles. The van der Waals surface area contributed by atoms with Crippen molar-refractivity contribution in [3.8, 4) is 0 Å². The van der Waals surface area contributed by atoms with Crippen LogP contribution in [-0.4, -0.2) is 25.8 Å². The van der Waals surface area contributed by atoms with Gasteiger partial charge in [-0.05, 0) is 80.9 Å². The Bertz CT molecular complexity index is 1290. The Kier molecular flexibility index (Phi) is 7.36. The van der Waals surface area contributed by atoms with Gasteiger partial charge in [0, 0.05) is 22.4 Å². The third-order valence-electron chi connectivity index (χ3n) is 5.29. The summed E-state index contributed by atoms with van der Waals surface area (Å²) in [6.45, 7) is 5.86. The number of para-hydroxylation sites is 1. The van der Waals surface area contributed by atoms with E-state index in [1.165, 1.54) is 42.5 Å². The van der Waals surface area contributed by atoms with E-state index in [1.54, 1.807) is 24.3 Å². The van der Waals surface area contributed by atoms with Gasteiger partial charge in [-0.25, -0.2) is 12.8 Å². The second-order valence-corrected chi connectivity index (χ2v) is 10.0. The second-order valence-electron chi connectivity index (χ2n) is 8.33. The summed E-state index contributed by atoms with van der Waals surface area (Å²) in [6, 6.07) is 17.1. The molecular formula is C25H26FN3O4S. The van der Waals surface area contributed by atoms with E-state index >= 15 is 0 Å². The lowest BCUT2D eigenvalue weighted by Gasteiger charge is -2.24. The van der Waals surface area contributed by atoms with Crippen LogP contribution in [0.25, 0.3) is 0 Å². The average molecular weight is 484 g/mol. The minimum atomic E-state index is -4.02. The van der Waals surface area contributed by atoms with Crippen LogP contribution in [0.15, 0.2) is 77.7 Å². The summed E-state index contributed by atoms with van der Waals surface area (Å²) in [4.78, 5) is 24.8. The van der Waals surface area contributed by atoms with Gasteiger partial charge in [-0.1, -0.05) is 19.1 Å². The lowest BCUT2D eigenvalue weighted by molar-refractivity contribution is 0.0910. The maximum absolute atomic E-state index is 13.8. The maximum atomic E-state index is 13.8. The molecule has 178 valence electrons. The van der Waals surface area contributed by atoms with E-state index < -0.39 is 21.7 Å². The largest absolute Gasteiger partial charge is 0.347 e. The summed E-state index contributed by atoms with van der Waals surface area (Å²) < 4.78 is 41.0. The first kappa shape index (κ1) is 24.9. The first-order chi connectivity index (χ1) is 16.0. The minimum absolute atomic E-state index is 0.113. The minimum Gasteiger partial charge on any atom is -0.347 e. The molecule has 3 N–H and O–H groups in total. The predicted octanol–water partition coefficient (Wildman–Crippen LogP) is 4.80. The number of carbonyl (C=O) groups is 2. The fraction of sp³-hybridized carbons (Fsp3) is 0.200. The Labute approximate surface area is 198 Å². The van der Waals surface area contributed by atoms with Crippen LogP contribution in [0.1, 0.15) is 47.9 Å². The first-order valence-electron chi connectivity index (χ1n) is 10.6. The zero-order valence-electron chi connectivity index (χ0n) is 19.1. The monoisotopic (exact) mass is 483 g/mol. The van der Waals surface area contributed by atoms with Crippen molar-refractivity contribution in [3.63, 3.8) is 0 Å². The summed E-state index contributed by atoms with van der Waals surface area (Å²) in [5, 5.41) is 5.65. The fourth-order valence-electron chi connectivity index (χ4n) is 2.91. The Morgan fingerprint density at radius 3 is 2.00 bits per heavy atom. The number of carbonyl (C=O) groups excluding carboxylic acids is 2. The molecule has 0 aromatic heterocycles. The molecule has 0 unspecified atom stereocenters. The van der Waals surface area contributed by atoms with Crippen LogP contribution >= 0.6 is 0 Å². The standard InChI is InChI=1S/C25H26FN3O4S/c1-4-25(2,3)28-24(31)18-9-13-19(14-10-18)27-23(30)17-11-15-20(16-12-17)34(32,33)29-22-8-6-5-7-21(22)26/h5-16,29H,4H2,1-3H3,(H,27,30)(H,28,31). The highest BCUT2D eigenvalue weighted by Gasteiger charge is 2.19. The number of rotatable bonds is 8. The van der Waals surface area contributed by atoms with Gasteiger partial charge in [0.1, 0.15) is 5.82 Å². The highest BCUT2D eigenvalue weighted by Crippen LogP contribution is 2.20. The van der Waals surface area contributed by atoms with Gasteiger partial charge in [0.25, 0.3) is 21.8 Å². The van der Waals surface area contributed by atoms with Crippen molar-refractivity contribution >= 4 is 33.2 Å². The van der Waals surface area contributed by atoms with Gasteiger partial charge in [-0.15, -0.1) is 0 Å². The van der Waals surface area contributed by atoms with E-state index in [4.69, 9.17) is 0 Å². The Morgan fingerprint density at radius 2 is 1.41 bits per heavy atom. The molecule has 0 fully saturated rings. The van der Waals surface area contributed by atoms with Crippen LogP contribution in [-0.2, 0) is 10.0 Å². The molecule has 3 aromatic carbocycles. The van der Waals surface area contributed by atoms with Gasteiger partial charge in [0.2, 0.25) is 0 Å². The Hall–Kier alpha value is -3.72. The second kappa shape index (κ2) is 10.0. The van der Waals surface area contributed by atoms with Gasteiger partial charge < -0.3 is 10.6 Å². The van der Waals surface area contributed by atoms with Crippen molar-refractivity contribution in [2.24, 2.45) is 0 Å². The molecule has 0 bridgehead atoms. The molecule has 0 saturated carbocycles. The normalized spacial score (nSPS) is 11.5. The Morgan fingerprint density at radius 1 is 0.853 bits per heavy atom. The molecule has 3 rings (SSSR count). The molecule has 0 spiro atoms. The predicted molar refractivity (Wildman–Crippen MR) is 130 cm³/mol. The van der Waals surface area contributed by atoms with E-state index in [1.807, 2.05) is 20.8 Å². The molecule has 0 aliphatic rings. The lowest BCUT2D eigenvalue weighted by Crippen LogP contribution is -2.42. The molecule has 0 saturated heterocycles. The van der Waals surface area contributed by atoms with Crippen LogP contribution in [0, 0.1) is 5.82 Å². The van der Waals surface area contributed by atoms with Gasteiger partial charge in [0.05, 0.1) is 10.6 Å². The van der Waals surface area contributed by atoms with Crippen LogP contribution in [0.4, 0.5) is 15.8 Å². The number of anilines is 2. The van der Waals surface area contributed by atoms with Gasteiger partial charge in [-0.2, -0.15) is 0 Å². The lowest BCUT2D eigenvalue weighted by atomic mass is 10.0. The number of benzene rings is 3. The summed E-state index contributed by atoms with van der Waals surface area (Å²) in [6.07, 6.45) is 0.784. The smallest absolute Gasteiger partial charge is 0.261 e. The summed E-state index contributed by atoms with van der Waals surface area (Å²) in [5.41, 5.74) is 0.690. The van der Waals surface area contributed by atoms with Crippen molar-refractivity contribution in [1.82, 2.24) is 5.32 Å². The number of halogens is 1. The molecule has 7 nitrogen and oxygen atoms in total. The van der Waals surface area contributed by atoms with E-state index in [2.05, 4.69) is 15.4 Å². The molecule has 0 radical (unpaired) electrons. The molecular weight excluding hydrogens is 457 g/mol. The van der Waals surface area contributed by atoms with Crippen LogP contribution in [0.5, 0.6) is 0 Å². The maximum Gasteiger partial charge on any atom is 0.261 e. The molecule has 0 aliphatic heterocycles. The summed E-state index contributed by atoms with van der Waals surface area (Å²) >= 11 is 0. The Balaban J connectivity index is 1.66. The molecule has 9 heteroatoms. The highest BCUT2D eigenvalue weighted by molar-refractivity contribution is 7.92. The van der Waals surface area contributed by atoms with E-state index in [0.717, 1.165) is 12.5 Å². The first-order valence-corrected chi connectivity index (χ1v) is 12.1. The van der Waals surface area contributed by atoms with Gasteiger partial charge in [0.15, 0.2) is 0 Å². The third kappa shape index (κ3) is 6.20. The van der Waals surface area contributed by atoms with Gasteiger partial charge >= 0.3 is 0 Å². The van der Waals surface area contributed by atoms with Crippen molar-refractivity contribution in [2.45, 2.75) is 37.6 Å². The van der Waals surface area contributed by atoms with Crippen molar-refractivity contribution in [3.05, 3.63) is 89.7 Å². The van der Waals surface area contributed by atoms with Gasteiger partial charge in [-0.3, -0.25) is 14.3 Å². The SMILES string of the molecule is CCC(C)(C)NC(=O)c1ccc(NC(=O)c2ccc(S(=O)(=O)Nc3ccccc3F)cc2)cc1. The third-order valence-corrected chi connectivity index (χ3v) is 6.67. The van der Waals surface area contributed by atoms with E-state index in [-0.39, 0.29) is 27.6 Å². The number of hydrogen-bond donors (Lipinski definition) is 3. The average Bonchev–Trinajstić information content (AvgIpc) is 2.80. The van der Waals surface area contributed by atoms with Crippen molar-refractivity contribution in [1.29, 1.82) is 0 Å². The van der Waals surface area contributed by atoms with Crippen LogP contribution in [0.2, 0.25) is 0 Å². The van der Waals surface area contributed by atoms with Crippen molar-refractivity contribution < 1.29 is 22.4 Å². The number of nitrogens with one attached hydrogen (secondary N) is 3. The quantitative estimate of drug-likeness (QED) is 0.428. The van der Waals surface area contributed by atoms with Crippen LogP contribution < -0.4 is 15.4 Å². The number of sulfonamides is 1. The summed E-state index contributed by atoms with van der Waals surface area (Å²) in [7, 11) is -4.02. The molecule has 3 aromatic rings. The van der Waals surface area contributed by atoms with Crippen molar-refractivity contribution in [2.75, 3.05) is 10.0 Å². The molecule has 2 amide bonds. The van der Waals surface area contributed by atoms with Crippen LogP contribution in [0.3, 0.4) is 0 Å². The molecule has 34 heavy (non-hydrogen) atoms. The summed E-state index contributed by atoms with van der Waals surface area (Å²) in [5.74, 6) is -1.35. The fourth-order valence-corrected chi connectivity index (χ4v) is 3.98. The highest BCUT2D eigenvalue weighted by atomic mass is 32.2. The number of amides is 2. The van der Waals surface area contributed by atoms with E-state index in [0.29, 0.717) is 11.3 Å². The molecule has 0 atom stereocenters. The zero-order valence-corrected chi connectivity index (χ0v) is 19.9. The van der Waals surface area contributed by atoms with E-state index in [9.17, 15) is 22.4 Å². The zero-order chi connectivity index (χ0) is 24.9. The topological polar surface area (TPSA) is 104 Å².